The van der Waals surface area contributed by atoms with Crippen molar-refractivity contribution in [1.82, 2.24) is 0 Å². The maximum Gasteiger partial charge on any atom is 0.346 e. The van der Waals surface area contributed by atoms with Gasteiger partial charge in [-0.25, -0.2) is 4.79 Å². The van der Waals surface area contributed by atoms with Gasteiger partial charge in [0.05, 0.1) is 8.07 Å². The van der Waals surface area contributed by atoms with Crippen LogP contribution in [0.2, 0.25) is 19.6 Å². The summed E-state index contributed by atoms with van der Waals surface area (Å²) in [5.41, 5.74) is 7.18. The van der Waals surface area contributed by atoms with E-state index in [1.807, 2.05) is 30.3 Å². The molecule has 4 nitrogen and oxygen atoms in total. The second-order valence-corrected chi connectivity index (χ2v) is 16.5. The van der Waals surface area contributed by atoms with Crippen molar-refractivity contribution in [3.05, 3.63) is 125 Å². The monoisotopic (exact) mass is 570 g/mol. The molecular weight excluding hydrogens is 533 g/mol. The molecule has 42 heavy (non-hydrogen) atoms. The third-order valence-corrected chi connectivity index (χ3v) is 9.29. The number of unbranched alkanes of at least 4 members (excludes halogenated alkanes) is 1. The van der Waals surface area contributed by atoms with Gasteiger partial charge in [-0.1, -0.05) is 111 Å². The lowest BCUT2D eigenvalue weighted by atomic mass is 10.1. The Morgan fingerprint density at radius 2 is 1.21 bits per heavy atom. The Morgan fingerprint density at radius 3 is 1.67 bits per heavy atom. The number of aliphatic carboxylic acids is 1. The number of carboxylic acid groups (broad SMARTS) is 1. The smallest absolute Gasteiger partial charge is 0.346 e. The molecule has 5 heteroatoms. The van der Waals surface area contributed by atoms with Crippen LogP contribution in [0.1, 0.15) is 42.0 Å². The van der Waals surface area contributed by atoms with Crippen molar-refractivity contribution >= 4 is 54.5 Å². The summed E-state index contributed by atoms with van der Waals surface area (Å²) in [6.07, 6.45) is 8.94. The van der Waals surface area contributed by atoms with E-state index in [0.717, 1.165) is 34.6 Å². The molecule has 0 aliphatic carbocycles. The highest BCUT2D eigenvalue weighted by atomic mass is 28.3. The lowest BCUT2D eigenvalue weighted by Crippen LogP contribution is -2.37. The second kappa shape index (κ2) is 13.8. The van der Waals surface area contributed by atoms with Gasteiger partial charge in [0.2, 0.25) is 0 Å². The van der Waals surface area contributed by atoms with E-state index in [-0.39, 0.29) is 5.57 Å². The highest BCUT2D eigenvalue weighted by Gasteiger charge is 2.18. The summed E-state index contributed by atoms with van der Waals surface area (Å²) in [7, 11) is -1.40. The quantitative estimate of drug-likeness (QED) is 0.0845. The third-order valence-electron chi connectivity index (χ3n) is 7.22. The van der Waals surface area contributed by atoms with Crippen LogP contribution in [-0.2, 0) is 11.2 Å². The standard InChI is InChI=1S/C37H38N2O2Si/c1-5-6-7-28-14-18-33(19-15-28)39(35-22-24-36(25-23-35)42(2,3)4)34-20-16-30(17-21-34)9-8-29-10-12-31(13-11-29)26-32(27-38)37(40)41/h8-26H,5-7H2,1-4H3,(H,40,41). The van der Waals surface area contributed by atoms with Crippen LogP contribution < -0.4 is 10.1 Å². The molecule has 0 unspecified atom stereocenters. The van der Waals surface area contributed by atoms with Gasteiger partial charge >= 0.3 is 5.97 Å². The summed E-state index contributed by atoms with van der Waals surface area (Å²) in [4.78, 5) is 13.4. The molecule has 0 radical (unpaired) electrons. The van der Waals surface area contributed by atoms with Crippen molar-refractivity contribution in [2.24, 2.45) is 0 Å². The Bertz CT molecular complexity index is 1590. The van der Waals surface area contributed by atoms with Crippen LogP contribution in [-0.4, -0.2) is 19.1 Å². The minimum atomic E-state index is -1.40. The number of nitriles is 1. The van der Waals surface area contributed by atoms with Gasteiger partial charge in [-0.3, -0.25) is 0 Å². The van der Waals surface area contributed by atoms with Crippen LogP contribution in [0.4, 0.5) is 17.1 Å². The lowest BCUT2D eigenvalue weighted by molar-refractivity contribution is -0.132. The Morgan fingerprint density at radius 1 is 0.762 bits per heavy atom. The largest absolute Gasteiger partial charge is 0.477 e. The first kappa shape index (κ1) is 30.3. The summed E-state index contributed by atoms with van der Waals surface area (Å²) in [6.45, 7) is 9.34. The van der Waals surface area contributed by atoms with Crippen molar-refractivity contribution < 1.29 is 9.90 Å². The molecule has 0 aromatic heterocycles. The zero-order chi connectivity index (χ0) is 30.1. The van der Waals surface area contributed by atoms with Crippen LogP contribution in [0.5, 0.6) is 0 Å². The van der Waals surface area contributed by atoms with E-state index in [1.165, 1.54) is 29.7 Å². The maximum absolute atomic E-state index is 11.1. The molecule has 0 saturated carbocycles. The van der Waals surface area contributed by atoms with Crippen LogP contribution in [0.3, 0.4) is 0 Å². The number of rotatable bonds is 11. The van der Waals surface area contributed by atoms with Gasteiger partial charge in [0, 0.05) is 17.1 Å². The number of anilines is 3. The minimum Gasteiger partial charge on any atom is -0.477 e. The van der Waals surface area contributed by atoms with Crippen LogP contribution >= 0.6 is 0 Å². The van der Waals surface area contributed by atoms with Crippen molar-refractivity contribution in [2.75, 3.05) is 4.90 Å². The average Bonchev–Trinajstić information content (AvgIpc) is 2.99. The van der Waals surface area contributed by atoms with Gasteiger partial charge in [0.25, 0.3) is 0 Å². The molecule has 1 N–H and O–H groups in total. The van der Waals surface area contributed by atoms with Gasteiger partial charge in [-0.15, -0.1) is 0 Å². The van der Waals surface area contributed by atoms with E-state index in [9.17, 15) is 4.79 Å². The molecule has 0 fully saturated rings. The molecule has 0 amide bonds. The van der Waals surface area contributed by atoms with Crippen molar-refractivity contribution in [2.45, 2.75) is 45.8 Å². The Labute approximate surface area is 250 Å². The third kappa shape index (κ3) is 7.96. The molecule has 4 rings (SSSR count). The van der Waals surface area contributed by atoms with Gasteiger partial charge < -0.3 is 10.0 Å². The molecule has 4 aromatic carbocycles. The summed E-state index contributed by atoms with van der Waals surface area (Å²) in [6, 6.07) is 35.7. The van der Waals surface area contributed by atoms with E-state index in [4.69, 9.17) is 10.4 Å². The first-order valence-electron chi connectivity index (χ1n) is 14.4. The molecule has 0 spiro atoms. The van der Waals surface area contributed by atoms with Gasteiger partial charge in [-0.2, -0.15) is 5.26 Å². The van der Waals surface area contributed by atoms with Crippen molar-refractivity contribution in [3.8, 4) is 6.07 Å². The number of hydrogen-bond donors (Lipinski definition) is 1. The highest BCUT2D eigenvalue weighted by molar-refractivity contribution is 6.88. The summed E-state index contributed by atoms with van der Waals surface area (Å²) < 4.78 is 0. The van der Waals surface area contributed by atoms with E-state index in [1.54, 1.807) is 6.07 Å². The molecule has 0 saturated heterocycles. The number of hydrogen-bond acceptors (Lipinski definition) is 3. The number of aryl methyl sites for hydroxylation is 1. The number of carbonyl (C=O) groups is 1. The van der Waals surface area contributed by atoms with Crippen LogP contribution in [0.25, 0.3) is 18.2 Å². The fraction of sp³-hybridized carbons (Fsp3) is 0.189. The predicted molar refractivity (Wildman–Crippen MR) is 179 cm³/mol. The summed E-state index contributed by atoms with van der Waals surface area (Å²) >= 11 is 0. The average molecular weight is 571 g/mol. The number of carboxylic acids is 1. The Kier molecular flexibility index (Phi) is 9.96. The van der Waals surface area contributed by atoms with Crippen LogP contribution in [0, 0.1) is 11.3 Å². The lowest BCUT2D eigenvalue weighted by Gasteiger charge is -2.27. The van der Waals surface area contributed by atoms with E-state index >= 15 is 0 Å². The van der Waals surface area contributed by atoms with Gasteiger partial charge in [0.1, 0.15) is 11.6 Å². The SMILES string of the molecule is CCCCc1ccc(N(c2ccc(C=Cc3ccc(C=C(C#N)C(=O)O)cc3)cc2)c2ccc([Si](C)(C)C)cc2)cc1. The molecule has 0 heterocycles. The number of nitrogens with zero attached hydrogens (tertiary/aromatic N) is 2. The zero-order valence-electron chi connectivity index (χ0n) is 24.8. The van der Waals surface area contributed by atoms with Gasteiger partial charge in [0.15, 0.2) is 0 Å². The Hall–Kier alpha value is -4.66. The molecular formula is C37H38N2O2Si. The zero-order valence-corrected chi connectivity index (χ0v) is 25.8. The second-order valence-electron chi connectivity index (χ2n) is 11.5. The fourth-order valence-corrected chi connectivity index (χ4v) is 5.86. The van der Waals surface area contributed by atoms with Gasteiger partial charge in [-0.05, 0) is 77.6 Å². The summed E-state index contributed by atoms with van der Waals surface area (Å²) in [5, 5.41) is 19.5. The minimum absolute atomic E-state index is 0.285. The van der Waals surface area contributed by atoms with E-state index in [2.05, 4.69) is 110 Å². The topological polar surface area (TPSA) is 64.3 Å². The fourth-order valence-electron chi connectivity index (χ4n) is 4.69. The molecule has 4 aromatic rings. The molecule has 0 atom stereocenters. The van der Waals surface area contributed by atoms with E-state index in [0.29, 0.717) is 5.56 Å². The molecule has 0 bridgehead atoms. The summed E-state index contributed by atoms with van der Waals surface area (Å²) in [5.74, 6) is -1.23. The van der Waals surface area contributed by atoms with Crippen LogP contribution in [0.15, 0.2) is 103 Å². The van der Waals surface area contributed by atoms with Crippen molar-refractivity contribution in [3.63, 3.8) is 0 Å². The first-order chi connectivity index (χ1) is 20.2. The predicted octanol–water partition coefficient (Wildman–Crippen LogP) is 9.21. The highest BCUT2D eigenvalue weighted by Crippen LogP contribution is 2.35. The number of benzene rings is 4. The first-order valence-corrected chi connectivity index (χ1v) is 17.9. The van der Waals surface area contributed by atoms with E-state index < -0.39 is 14.0 Å². The Balaban J connectivity index is 1.58. The normalized spacial score (nSPS) is 11.8. The molecule has 212 valence electrons. The molecule has 0 aliphatic rings. The van der Waals surface area contributed by atoms with Crippen molar-refractivity contribution in [1.29, 1.82) is 5.26 Å². The maximum atomic E-state index is 11.1. The molecule has 0 aliphatic heterocycles.